The molecular weight excluding hydrogens is 356 g/mol. The molecule has 0 bridgehead atoms. The Hall–Kier alpha value is -3.40. The summed E-state index contributed by atoms with van der Waals surface area (Å²) in [6.45, 7) is 0. The summed E-state index contributed by atoms with van der Waals surface area (Å²) in [6.07, 6.45) is 6.05. The first-order valence-corrected chi connectivity index (χ1v) is 8.36. The number of carbonyl (C=O) groups excluding carboxylic acids is 3. The summed E-state index contributed by atoms with van der Waals surface area (Å²) < 4.78 is 5.42. The van der Waals surface area contributed by atoms with Gasteiger partial charge in [-0.05, 0) is 29.2 Å². The first kappa shape index (κ1) is 17.4. The summed E-state index contributed by atoms with van der Waals surface area (Å²) in [4.78, 5) is 44.2. The normalized spacial score (nSPS) is 11.7. The zero-order chi connectivity index (χ0) is 18.5. The van der Waals surface area contributed by atoms with Crippen molar-refractivity contribution in [1.29, 1.82) is 0 Å². The molecule has 0 saturated heterocycles. The molecule has 1 unspecified atom stereocenters. The standard InChI is InChI=1S/C16H14N6O3S/c17-15(24)14(23)11(5-10-6-20-26-8-10)21-16(25)12-7-18-9-22(12)13-3-1-2-4-19-13/h1-4,6-9,11H,5H2,(H2,17,24)(H,21,25). The Bertz CT molecular complexity index is 923. The van der Waals surface area contributed by atoms with Crippen molar-refractivity contribution in [3.8, 4) is 5.82 Å². The van der Waals surface area contributed by atoms with E-state index in [1.54, 1.807) is 36.0 Å². The lowest BCUT2D eigenvalue weighted by Crippen LogP contribution is -2.47. The summed E-state index contributed by atoms with van der Waals surface area (Å²) in [5.41, 5.74) is 5.99. The van der Waals surface area contributed by atoms with Gasteiger partial charge in [0.1, 0.15) is 23.9 Å². The fourth-order valence-corrected chi connectivity index (χ4v) is 2.87. The molecule has 3 heterocycles. The monoisotopic (exact) mass is 370 g/mol. The average Bonchev–Trinajstić information content (AvgIpc) is 3.32. The molecule has 0 radical (unpaired) electrons. The van der Waals surface area contributed by atoms with Crippen molar-refractivity contribution in [3.05, 3.63) is 59.8 Å². The molecule has 0 aliphatic carbocycles. The van der Waals surface area contributed by atoms with Gasteiger partial charge in [0.15, 0.2) is 0 Å². The molecule has 0 fully saturated rings. The summed E-state index contributed by atoms with van der Waals surface area (Å²) in [7, 11) is 0. The molecule has 3 aromatic heterocycles. The molecule has 2 amide bonds. The molecule has 0 aromatic carbocycles. The molecule has 0 saturated carbocycles. The van der Waals surface area contributed by atoms with Crippen LogP contribution < -0.4 is 11.1 Å². The quantitative estimate of drug-likeness (QED) is 0.568. The molecule has 3 N–H and O–H groups in total. The topological polar surface area (TPSA) is 133 Å². The van der Waals surface area contributed by atoms with Crippen LogP contribution in [0.1, 0.15) is 16.1 Å². The molecular formula is C16H14N6O3S. The number of carbonyl (C=O) groups is 3. The van der Waals surface area contributed by atoms with E-state index in [1.165, 1.54) is 28.6 Å². The van der Waals surface area contributed by atoms with Crippen molar-refractivity contribution in [2.45, 2.75) is 12.5 Å². The van der Waals surface area contributed by atoms with Gasteiger partial charge in [-0.3, -0.25) is 19.0 Å². The fraction of sp³-hybridized carbons (Fsp3) is 0.125. The van der Waals surface area contributed by atoms with Crippen LogP contribution in [0.4, 0.5) is 0 Å². The number of primary amides is 1. The zero-order valence-corrected chi connectivity index (χ0v) is 14.2. The van der Waals surface area contributed by atoms with Gasteiger partial charge in [-0.1, -0.05) is 6.07 Å². The predicted molar refractivity (Wildman–Crippen MR) is 92.6 cm³/mol. The van der Waals surface area contributed by atoms with Crippen LogP contribution in [0.25, 0.3) is 5.82 Å². The van der Waals surface area contributed by atoms with Gasteiger partial charge in [0.05, 0.1) is 6.20 Å². The number of nitrogens with zero attached hydrogens (tertiary/aromatic N) is 4. The maximum Gasteiger partial charge on any atom is 0.287 e. The Balaban J connectivity index is 1.83. The number of ketones is 1. The van der Waals surface area contributed by atoms with Crippen LogP contribution in [0.15, 0.2) is 48.5 Å². The molecule has 1 atom stereocenters. The van der Waals surface area contributed by atoms with E-state index in [-0.39, 0.29) is 12.1 Å². The van der Waals surface area contributed by atoms with Crippen LogP contribution >= 0.6 is 11.5 Å². The third kappa shape index (κ3) is 3.81. The lowest BCUT2D eigenvalue weighted by Gasteiger charge is -2.16. The number of hydrogen-bond acceptors (Lipinski definition) is 7. The van der Waals surface area contributed by atoms with Gasteiger partial charge in [-0.15, -0.1) is 0 Å². The van der Waals surface area contributed by atoms with E-state index in [0.717, 1.165) is 0 Å². The number of pyridine rings is 1. The van der Waals surface area contributed by atoms with Gasteiger partial charge in [0, 0.05) is 24.2 Å². The van der Waals surface area contributed by atoms with Crippen molar-refractivity contribution in [1.82, 2.24) is 24.2 Å². The summed E-state index contributed by atoms with van der Waals surface area (Å²) in [5, 5.41) is 4.28. The smallest absolute Gasteiger partial charge is 0.287 e. The first-order valence-electron chi connectivity index (χ1n) is 7.52. The molecule has 132 valence electrons. The number of nitrogens with two attached hydrogens (primary N) is 1. The second kappa shape index (κ2) is 7.66. The van der Waals surface area contributed by atoms with Crippen molar-refractivity contribution in [3.63, 3.8) is 0 Å². The van der Waals surface area contributed by atoms with Crippen LogP contribution in [0.5, 0.6) is 0 Å². The van der Waals surface area contributed by atoms with Gasteiger partial charge < -0.3 is 11.1 Å². The second-order valence-electron chi connectivity index (χ2n) is 5.33. The second-order valence-corrected chi connectivity index (χ2v) is 5.99. The van der Waals surface area contributed by atoms with Gasteiger partial charge in [-0.2, -0.15) is 0 Å². The molecule has 10 heteroatoms. The average molecular weight is 370 g/mol. The highest BCUT2D eigenvalue weighted by molar-refractivity contribution is 7.03. The van der Waals surface area contributed by atoms with E-state index in [2.05, 4.69) is 19.7 Å². The van der Waals surface area contributed by atoms with Crippen molar-refractivity contribution in [2.24, 2.45) is 5.73 Å². The Morgan fingerprint density at radius 1 is 1.27 bits per heavy atom. The number of hydrogen-bond donors (Lipinski definition) is 2. The van der Waals surface area contributed by atoms with Crippen molar-refractivity contribution >= 4 is 29.1 Å². The molecule has 26 heavy (non-hydrogen) atoms. The minimum absolute atomic E-state index is 0.113. The predicted octanol–water partition coefficient (Wildman–Crippen LogP) is 0.119. The Morgan fingerprint density at radius 3 is 2.77 bits per heavy atom. The highest BCUT2D eigenvalue weighted by Gasteiger charge is 2.27. The van der Waals surface area contributed by atoms with E-state index in [4.69, 9.17) is 5.73 Å². The molecule has 3 rings (SSSR count). The molecule has 0 aliphatic heterocycles. The maximum absolute atomic E-state index is 12.6. The Kier molecular flexibility index (Phi) is 5.13. The van der Waals surface area contributed by atoms with Gasteiger partial charge in [-0.25, -0.2) is 14.3 Å². The fourth-order valence-electron chi connectivity index (χ4n) is 2.32. The van der Waals surface area contributed by atoms with Crippen molar-refractivity contribution in [2.75, 3.05) is 0 Å². The third-order valence-electron chi connectivity index (χ3n) is 3.56. The van der Waals surface area contributed by atoms with Gasteiger partial charge >= 0.3 is 0 Å². The zero-order valence-electron chi connectivity index (χ0n) is 13.4. The number of rotatable bonds is 7. The molecule has 9 nitrogen and oxygen atoms in total. The van der Waals surface area contributed by atoms with E-state index >= 15 is 0 Å². The summed E-state index contributed by atoms with van der Waals surface area (Å²) in [6, 6.07) is 4.13. The lowest BCUT2D eigenvalue weighted by atomic mass is 10.0. The number of nitrogens with one attached hydrogen (secondary N) is 1. The van der Waals surface area contributed by atoms with E-state index in [1.807, 2.05) is 0 Å². The summed E-state index contributed by atoms with van der Waals surface area (Å²) in [5.74, 6) is -2.07. The molecule has 0 spiro atoms. The number of amides is 2. The minimum Gasteiger partial charge on any atom is -0.363 e. The number of imidazole rings is 1. The van der Waals surface area contributed by atoms with Gasteiger partial charge in [0.25, 0.3) is 11.8 Å². The minimum atomic E-state index is -1.11. The summed E-state index contributed by atoms with van der Waals surface area (Å²) >= 11 is 1.21. The van der Waals surface area contributed by atoms with E-state index < -0.39 is 23.6 Å². The maximum atomic E-state index is 12.6. The number of aromatic nitrogens is 4. The van der Waals surface area contributed by atoms with E-state index in [9.17, 15) is 14.4 Å². The van der Waals surface area contributed by atoms with Crippen LogP contribution in [-0.4, -0.2) is 42.5 Å². The highest BCUT2D eigenvalue weighted by atomic mass is 32.1. The molecule has 0 aliphatic rings. The third-order valence-corrected chi connectivity index (χ3v) is 4.19. The first-order chi connectivity index (χ1) is 12.6. The SMILES string of the molecule is NC(=O)C(=O)C(Cc1cnsc1)NC(=O)c1cncn1-c1ccccn1. The van der Waals surface area contributed by atoms with Crippen LogP contribution in [-0.2, 0) is 16.0 Å². The highest BCUT2D eigenvalue weighted by Crippen LogP contribution is 2.10. The molecule has 3 aromatic rings. The van der Waals surface area contributed by atoms with E-state index in [0.29, 0.717) is 11.4 Å². The largest absolute Gasteiger partial charge is 0.363 e. The Morgan fingerprint density at radius 2 is 2.12 bits per heavy atom. The lowest BCUT2D eigenvalue weighted by molar-refractivity contribution is -0.137. The van der Waals surface area contributed by atoms with Crippen molar-refractivity contribution < 1.29 is 14.4 Å². The Labute approximate surface area is 152 Å². The van der Waals surface area contributed by atoms with Crippen LogP contribution in [0.3, 0.4) is 0 Å². The van der Waals surface area contributed by atoms with Crippen LogP contribution in [0.2, 0.25) is 0 Å². The van der Waals surface area contributed by atoms with Crippen LogP contribution in [0, 0.1) is 0 Å². The van der Waals surface area contributed by atoms with Gasteiger partial charge in [0.2, 0.25) is 5.78 Å². The number of Topliss-reactive ketones (excluding diaryl/α,β-unsaturated/α-hetero) is 1.